The topological polar surface area (TPSA) is 108 Å². The van der Waals surface area contributed by atoms with Crippen molar-refractivity contribution in [3.05, 3.63) is 53.1 Å². The Morgan fingerprint density at radius 2 is 1.79 bits per heavy atom. The monoisotopic (exact) mass is 492 g/mol. The lowest BCUT2D eigenvalue weighted by Crippen LogP contribution is -2.48. The molecule has 33 heavy (non-hydrogen) atoms. The molecule has 4 rings (SSSR count). The van der Waals surface area contributed by atoms with E-state index in [-0.39, 0.29) is 46.8 Å². The highest BCUT2D eigenvalue weighted by Crippen LogP contribution is 2.28. The average Bonchev–Trinajstić information content (AvgIpc) is 3.19. The number of benzene rings is 2. The first kappa shape index (κ1) is 23.5. The Kier molecular flexibility index (Phi) is 6.62. The van der Waals surface area contributed by atoms with Gasteiger partial charge in [-0.05, 0) is 56.3 Å². The minimum atomic E-state index is -3.91. The van der Waals surface area contributed by atoms with Crippen molar-refractivity contribution in [1.29, 1.82) is 0 Å². The minimum absolute atomic E-state index is 0.0478. The van der Waals surface area contributed by atoms with Crippen molar-refractivity contribution >= 4 is 44.9 Å². The van der Waals surface area contributed by atoms with Crippen LogP contribution in [-0.4, -0.2) is 63.0 Å². The summed E-state index contributed by atoms with van der Waals surface area (Å²) in [6, 6.07) is 10.9. The molecule has 2 aliphatic heterocycles. The predicted octanol–water partition coefficient (Wildman–Crippen LogP) is 2.92. The molecule has 0 aliphatic carbocycles. The lowest BCUT2D eigenvalue weighted by Gasteiger charge is -2.34. The summed E-state index contributed by atoms with van der Waals surface area (Å²) in [4.78, 5) is 26.1. The van der Waals surface area contributed by atoms with Crippen LogP contribution in [0.1, 0.15) is 24.2 Å². The van der Waals surface area contributed by atoms with Gasteiger partial charge in [0.15, 0.2) is 0 Å². The number of ether oxygens (including phenoxy) is 1. The molecule has 0 bridgehead atoms. The van der Waals surface area contributed by atoms with Crippen LogP contribution in [0.2, 0.25) is 5.02 Å². The van der Waals surface area contributed by atoms with Crippen molar-refractivity contribution in [2.45, 2.75) is 31.0 Å². The number of nitrogens with zero attached hydrogens (tertiary/aromatic N) is 2. The molecule has 2 aromatic carbocycles. The maximum Gasteiger partial charge on any atom is 0.321 e. The smallest absolute Gasteiger partial charge is 0.321 e. The summed E-state index contributed by atoms with van der Waals surface area (Å²) in [6.45, 7) is 5.20. The zero-order valence-electron chi connectivity index (χ0n) is 18.2. The van der Waals surface area contributed by atoms with Gasteiger partial charge in [0.1, 0.15) is 4.90 Å². The van der Waals surface area contributed by atoms with Gasteiger partial charge in [-0.2, -0.15) is 4.31 Å². The van der Waals surface area contributed by atoms with Gasteiger partial charge in [0.05, 0.1) is 17.2 Å². The number of anilines is 2. The fraction of sp³-hybridized carbons (Fsp3) is 0.364. The first-order chi connectivity index (χ1) is 15.6. The molecule has 2 saturated heterocycles. The maximum absolute atomic E-state index is 13.2. The number of carbonyl (C=O) groups is 2. The molecule has 2 heterocycles. The van der Waals surface area contributed by atoms with Crippen LogP contribution in [0.4, 0.5) is 16.2 Å². The third kappa shape index (κ3) is 4.98. The lowest BCUT2D eigenvalue weighted by molar-refractivity contribution is -0.0440. The van der Waals surface area contributed by atoms with Gasteiger partial charge in [-0.25, -0.2) is 13.2 Å². The Morgan fingerprint density at radius 3 is 2.39 bits per heavy atom. The van der Waals surface area contributed by atoms with E-state index in [4.69, 9.17) is 16.3 Å². The molecule has 2 unspecified atom stereocenters. The van der Waals surface area contributed by atoms with Crippen LogP contribution >= 0.6 is 11.6 Å². The van der Waals surface area contributed by atoms with Gasteiger partial charge >= 0.3 is 6.03 Å². The molecule has 0 radical (unpaired) electrons. The Hall–Kier alpha value is -2.66. The first-order valence-corrected chi connectivity index (χ1v) is 12.4. The van der Waals surface area contributed by atoms with Crippen LogP contribution < -0.4 is 15.5 Å². The zero-order valence-corrected chi connectivity index (χ0v) is 19.8. The lowest BCUT2D eigenvalue weighted by atomic mass is 10.2. The van der Waals surface area contributed by atoms with Crippen LogP contribution in [0.5, 0.6) is 0 Å². The van der Waals surface area contributed by atoms with Crippen molar-refractivity contribution in [1.82, 2.24) is 9.62 Å². The standard InChI is InChI=1S/C22H25ClN4O5S/c1-14-12-26(13-15(2)32-14)33(30,31)20-11-16(3-8-19(20)23)21(28)25-17-4-6-18(7-5-17)27-10-9-24-22(27)29/h3-8,11,14-15H,9-10,12-13H2,1-2H3,(H,24,29)(H,25,28). The summed E-state index contributed by atoms with van der Waals surface area (Å²) in [5.74, 6) is -0.474. The first-order valence-electron chi connectivity index (χ1n) is 10.6. The summed E-state index contributed by atoms with van der Waals surface area (Å²) < 4.78 is 33.4. The van der Waals surface area contributed by atoms with E-state index in [0.29, 0.717) is 18.8 Å². The van der Waals surface area contributed by atoms with Crippen molar-refractivity contribution in [2.24, 2.45) is 0 Å². The predicted molar refractivity (Wildman–Crippen MR) is 125 cm³/mol. The number of amides is 3. The molecule has 176 valence electrons. The molecule has 11 heteroatoms. The van der Waals surface area contributed by atoms with E-state index < -0.39 is 15.9 Å². The molecule has 9 nitrogen and oxygen atoms in total. The highest BCUT2D eigenvalue weighted by atomic mass is 35.5. The van der Waals surface area contributed by atoms with Crippen molar-refractivity contribution in [2.75, 3.05) is 36.4 Å². The maximum atomic E-state index is 13.2. The Bertz CT molecular complexity index is 1160. The van der Waals surface area contributed by atoms with Crippen molar-refractivity contribution < 1.29 is 22.7 Å². The van der Waals surface area contributed by atoms with Gasteiger partial charge in [0, 0.05) is 43.1 Å². The Morgan fingerprint density at radius 1 is 1.12 bits per heavy atom. The molecule has 2 fully saturated rings. The highest BCUT2D eigenvalue weighted by Gasteiger charge is 2.34. The molecule has 2 atom stereocenters. The summed E-state index contributed by atoms with van der Waals surface area (Å²) in [6.07, 6.45) is -0.494. The number of hydrogen-bond donors (Lipinski definition) is 2. The van der Waals surface area contributed by atoms with E-state index in [1.54, 1.807) is 29.2 Å². The molecule has 2 aliphatic rings. The summed E-state index contributed by atoms with van der Waals surface area (Å²) in [5, 5.41) is 5.53. The number of hydrogen-bond acceptors (Lipinski definition) is 5. The SMILES string of the molecule is CC1CN(S(=O)(=O)c2cc(C(=O)Nc3ccc(N4CCNC4=O)cc3)ccc2Cl)CC(C)O1. The number of urea groups is 1. The normalized spacial score (nSPS) is 21.7. The second kappa shape index (κ2) is 9.30. The second-order valence-corrected chi connectivity index (χ2v) is 10.4. The Balaban J connectivity index is 1.52. The van der Waals surface area contributed by atoms with Gasteiger partial charge < -0.3 is 15.4 Å². The van der Waals surface area contributed by atoms with E-state index in [2.05, 4.69) is 10.6 Å². The van der Waals surface area contributed by atoms with E-state index in [9.17, 15) is 18.0 Å². The minimum Gasteiger partial charge on any atom is -0.373 e. The number of nitrogens with one attached hydrogen (secondary N) is 2. The molecule has 2 aromatic rings. The molecule has 2 N–H and O–H groups in total. The summed E-state index contributed by atoms with van der Waals surface area (Å²) in [7, 11) is -3.91. The fourth-order valence-corrected chi connectivity index (χ4v) is 6.05. The van der Waals surface area contributed by atoms with Crippen molar-refractivity contribution in [3.63, 3.8) is 0 Å². The van der Waals surface area contributed by atoms with Crippen LogP contribution in [0.15, 0.2) is 47.4 Å². The molecule has 0 spiro atoms. The Labute approximate surface area is 197 Å². The van der Waals surface area contributed by atoms with E-state index in [0.717, 1.165) is 5.69 Å². The number of rotatable bonds is 5. The van der Waals surface area contributed by atoms with E-state index >= 15 is 0 Å². The van der Waals surface area contributed by atoms with Gasteiger partial charge in [-0.1, -0.05) is 11.6 Å². The molecule has 0 aromatic heterocycles. The van der Waals surface area contributed by atoms with Gasteiger partial charge in [-0.3, -0.25) is 9.69 Å². The third-order valence-electron chi connectivity index (χ3n) is 5.49. The number of morpholine rings is 1. The van der Waals surface area contributed by atoms with E-state index in [1.165, 1.54) is 22.5 Å². The van der Waals surface area contributed by atoms with Crippen LogP contribution in [0.25, 0.3) is 0 Å². The second-order valence-electron chi connectivity index (χ2n) is 8.11. The number of halogens is 1. The summed E-state index contributed by atoms with van der Waals surface area (Å²) in [5.41, 5.74) is 1.39. The van der Waals surface area contributed by atoms with Gasteiger partial charge in [-0.15, -0.1) is 0 Å². The van der Waals surface area contributed by atoms with Gasteiger partial charge in [0.2, 0.25) is 10.0 Å². The highest BCUT2D eigenvalue weighted by molar-refractivity contribution is 7.89. The summed E-state index contributed by atoms with van der Waals surface area (Å²) >= 11 is 6.22. The number of sulfonamides is 1. The zero-order chi connectivity index (χ0) is 23.8. The van der Waals surface area contributed by atoms with Crippen LogP contribution in [0, 0.1) is 0 Å². The quantitative estimate of drug-likeness (QED) is 0.667. The number of carbonyl (C=O) groups excluding carboxylic acids is 2. The van der Waals surface area contributed by atoms with Crippen LogP contribution in [-0.2, 0) is 14.8 Å². The third-order valence-corrected chi connectivity index (χ3v) is 7.80. The largest absolute Gasteiger partial charge is 0.373 e. The molecule has 0 saturated carbocycles. The molecular weight excluding hydrogens is 468 g/mol. The fourth-order valence-electron chi connectivity index (χ4n) is 3.95. The van der Waals surface area contributed by atoms with Crippen molar-refractivity contribution in [3.8, 4) is 0 Å². The van der Waals surface area contributed by atoms with Crippen LogP contribution in [0.3, 0.4) is 0 Å². The van der Waals surface area contributed by atoms with E-state index in [1.807, 2.05) is 13.8 Å². The average molecular weight is 493 g/mol. The molecule has 3 amide bonds. The molecular formula is C22H25ClN4O5S. The van der Waals surface area contributed by atoms with Gasteiger partial charge in [0.25, 0.3) is 5.91 Å².